The number of amides is 4. The van der Waals surface area contributed by atoms with Crippen LogP contribution in [0, 0.1) is 31.6 Å². The molecule has 2 aromatic carbocycles. The molecule has 2 aliphatic carbocycles. The fourth-order valence-corrected chi connectivity index (χ4v) is 8.33. The molecule has 3 fully saturated rings. The van der Waals surface area contributed by atoms with E-state index in [2.05, 4.69) is 0 Å². The number of phenols is 1. The number of aromatic carboxylic acids is 1. The number of benzene rings is 2. The molecule has 0 radical (unpaired) electrons. The fraction of sp³-hybridized carbons (Fsp3) is 0.367. The summed E-state index contributed by atoms with van der Waals surface area (Å²) in [6.45, 7) is 3.42. The summed E-state index contributed by atoms with van der Waals surface area (Å²) in [4.78, 5) is 64.6. The second-order valence-corrected chi connectivity index (χ2v) is 12.6. The van der Waals surface area contributed by atoms with E-state index >= 15 is 0 Å². The molecule has 9 nitrogen and oxygen atoms in total. The molecule has 4 aliphatic rings. The van der Waals surface area contributed by atoms with E-state index in [4.69, 9.17) is 23.2 Å². The zero-order valence-electron chi connectivity index (χ0n) is 22.4. The van der Waals surface area contributed by atoms with Crippen LogP contribution < -0.4 is 4.90 Å². The van der Waals surface area contributed by atoms with Crippen LogP contribution in [0.25, 0.3) is 0 Å². The molecule has 0 unspecified atom stereocenters. The number of fused-ring (bicyclic) bond motifs is 4. The van der Waals surface area contributed by atoms with Crippen molar-refractivity contribution in [2.75, 3.05) is 11.9 Å². The van der Waals surface area contributed by atoms with Crippen LogP contribution in [-0.4, -0.2) is 61.5 Å². The number of phenolic OH excluding ortho intramolecular Hbond substituents is 1. The zero-order valence-corrected chi connectivity index (χ0v) is 23.9. The summed E-state index contributed by atoms with van der Waals surface area (Å²) in [5.74, 6) is -6.73. The van der Waals surface area contributed by atoms with Crippen molar-refractivity contribution < 1.29 is 34.2 Å². The zero-order chi connectivity index (χ0) is 29.8. The number of aromatic hydroxyl groups is 1. The average molecular weight is 597 g/mol. The molecule has 6 atom stereocenters. The first-order valence-corrected chi connectivity index (χ1v) is 13.9. The highest BCUT2D eigenvalue weighted by molar-refractivity contribution is 6.53. The Labute approximate surface area is 245 Å². The second kappa shape index (κ2) is 8.90. The molecule has 2 saturated heterocycles. The number of allylic oxidation sites excluding steroid dienone is 2. The van der Waals surface area contributed by atoms with E-state index in [-0.39, 0.29) is 29.8 Å². The number of imide groups is 2. The van der Waals surface area contributed by atoms with Gasteiger partial charge in [0.15, 0.2) is 9.75 Å². The number of hydrogen-bond acceptors (Lipinski definition) is 6. The molecule has 0 aromatic heterocycles. The third-order valence-electron chi connectivity index (χ3n) is 9.21. The molecule has 2 aliphatic heterocycles. The minimum Gasteiger partial charge on any atom is -0.507 e. The maximum Gasteiger partial charge on any atom is 0.335 e. The third kappa shape index (κ3) is 3.45. The molecule has 212 valence electrons. The van der Waals surface area contributed by atoms with Crippen molar-refractivity contribution in [3.05, 3.63) is 70.3 Å². The number of aryl methyl sites for hydroxylation is 2. The van der Waals surface area contributed by atoms with Crippen molar-refractivity contribution in [2.45, 2.75) is 42.4 Å². The van der Waals surface area contributed by atoms with Gasteiger partial charge in [0.1, 0.15) is 5.75 Å². The number of anilines is 1. The van der Waals surface area contributed by atoms with Crippen LogP contribution >= 0.6 is 23.2 Å². The molecule has 2 N–H and O–H groups in total. The van der Waals surface area contributed by atoms with E-state index in [1.165, 1.54) is 31.3 Å². The van der Waals surface area contributed by atoms with Gasteiger partial charge in [0.25, 0.3) is 11.8 Å². The number of alkyl halides is 2. The summed E-state index contributed by atoms with van der Waals surface area (Å²) in [6, 6.07) is 9.01. The highest BCUT2D eigenvalue weighted by Crippen LogP contribution is 2.65. The Kier molecular flexibility index (Phi) is 5.97. The molecule has 0 spiro atoms. The normalized spacial score (nSPS) is 32.6. The summed E-state index contributed by atoms with van der Waals surface area (Å²) >= 11 is 14.4. The monoisotopic (exact) mass is 596 g/mol. The van der Waals surface area contributed by atoms with E-state index < -0.39 is 63.0 Å². The number of nitrogens with zero attached hydrogens (tertiary/aromatic N) is 2. The molecular formula is C30H26Cl2N2O7. The van der Waals surface area contributed by atoms with Crippen LogP contribution in [0.3, 0.4) is 0 Å². The van der Waals surface area contributed by atoms with Gasteiger partial charge in [-0.1, -0.05) is 29.8 Å². The van der Waals surface area contributed by atoms with Crippen molar-refractivity contribution in [3.8, 4) is 5.75 Å². The van der Waals surface area contributed by atoms with Gasteiger partial charge < -0.3 is 10.2 Å². The lowest BCUT2D eigenvalue weighted by Crippen LogP contribution is -2.60. The van der Waals surface area contributed by atoms with E-state index in [1.807, 2.05) is 6.08 Å². The summed E-state index contributed by atoms with van der Waals surface area (Å²) in [6.07, 6.45) is 1.87. The van der Waals surface area contributed by atoms with Crippen LogP contribution in [0.2, 0.25) is 0 Å². The minimum atomic E-state index is -1.91. The Morgan fingerprint density at radius 3 is 2.27 bits per heavy atom. The first-order valence-electron chi connectivity index (χ1n) is 13.2. The lowest BCUT2D eigenvalue weighted by Gasteiger charge is -2.51. The predicted octanol–water partition coefficient (Wildman–Crippen LogP) is 3.90. The van der Waals surface area contributed by atoms with Crippen molar-refractivity contribution in [2.24, 2.45) is 17.8 Å². The summed E-state index contributed by atoms with van der Waals surface area (Å²) < 4.78 is 0. The molecule has 2 aromatic rings. The highest BCUT2D eigenvalue weighted by Gasteiger charge is 2.75. The van der Waals surface area contributed by atoms with Gasteiger partial charge in [-0.25, -0.2) is 4.79 Å². The predicted molar refractivity (Wildman–Crippen MR) is 149 cm³/mol. The standard InChI is InChI=1S/C30H26Cl2N2O7/c1-13-9-16(10-14(2)23(13)35)22-18-7-8-19-21(20(18)12-29(31)27(40)33(3)28(41)30(22,29)32)25(37)34(24(19)36)17-6-4-5-15(11-17)26(38)39/h4-7,9-11,19-22,35H,8,12H2,1-3H3,(H,38,39)/t19-,20+,21-,22-,29+,30-/m0/s1. The molecule has 4 amide bonds. The van der Waals surface area contributed by atoms with Gasteiger partial charge in [0.05, 0.1) is 23.1 Å². The SMILES string of the molecule is Cc1cc([C@H]2C3=CC[C@@H]4C(=O)N(c5cccc(C(=O)O)c5)C(=O)[C@@H]4[C@@H]3C[C@@]3(Cl)C(=O)N(C)C(=O)[C@@]23Cl)cc(C)c1O. The molecule has 0 bridgehead atoms. The van der Waals surface area contributed by atoms with Crippen LogP contribution in [0.15, 0.2) is 48.0 Å². The first-order chi connectivity index (χ1) is 19.2. The van der Waals surface area contributed by atoms with Gasteiger partial charge in [-0.05, 0) is 67.5 Å². The maximum absolute atomic E-state index is 14.0. The maximum atomic E-state index is 14.0. The van der Waals surface area contributed by atoms with Crippen molar-refractivity contribution in [1.29, 1.82) is 0 Å². The number of carbonyl (C=O) groups is 5. The van der Waals surface area contributed by atoms with E-state index in [1.54, 1.807) is 26.0 Å². The van der Waals surface area contributed by atoms with E-state index in [0.29, 0.717) is 22.3 Å². The fourth-order valence-electron chi connectivity index (χ4n) is 7.31. The Balaban J connectivity index is 1.52. The molecular weight excluding hydrogens is 571 g/mol. The van der Waals surface area contributed by atoms with Gasteiger partial charge in [0, 0.05) is 13.0 Å². The second-order valence-electron chi connectivity index (χ2n) is 11.4. The number of carboxylic acid groups (broad SMARTS) is 1. The Hall–Kier alpha value is -3.69. The summed E-state index contributed by atoms with van der Waals surface area (Å²) in [5, 5.41) is 19.9. The summed E-state index contributed by atoms with van der Waals surface area (Å²) in [7, 11) is 1.32. The number of rotatable bonds is 3. The molecule has 41 heavy (non-hydrogen) atoms. The number of hydrogen-bond donors (Lipinski definition) is 2. The molecule has 1 saturated carbocycles. The van der Waals surface area contributed by atoms with Crippen molar-refractivity contribution in [1.82, 2.24) is 4.90 Å². The molecule has 2 heterocycles. The van der Waals surface area contributed by atoms with Gasteiger partial charge in [-0.2, -0.15) is 0 Å². The average Bonchev–Trinajstić information content (AvgIpc) is 3.26. The van der Waals surface area contributed by atoms with Crippen LogP contribution in [0.4, 0.5) is 5.69 Å². The van der Waals surface area contributed by atoms with Crippen molar-refractivity contribution in [3.63, 3.8) is 0 Å². The lowest BCUT2D eigenvalue weighted by molar-refractivity contribution is -0.138. The Bertz CT molecular complexity index is 1610. The smallest absolute Gasteiger partial charge is 0.335 e. The molecule has 11 heteroatoms. The summed E-state index contributed by atoms with van der Waals surface area (Å²) in [5.41, 5.74) is 2.36. The van der Waals surface area contributed by atoms with Gasteiger partial charge in [-0.3, -0.25) is 29.0 Å². The molecule has 6 rings (SSSR count). The first kappa shape index (κ1) is 27.5. The number of likely N-dealkylation sites (tertiary alicyclic amines) is 1. The highest BCUT2D eigenvalue weighted by atomic mass is 35.5. The van der Waals surface area contributed by atoms with Crippen LogP contribution in [0.5, 0.6) is 5.75 Å². The lowest BCUT2D eigenvalue weighted by atomic mass is 9.56. The van der Waals surface area contributed by atoms with Crippen molar-refractivity contribution >= 4 is 58.5 Å². The Morgan fingerprint density at radius 1 is 0.976 bits per heavy atom. The number of carbonyl (C=O) groups excluding carboxylic acids is 4. The third-order valence-corrected chi connectivity index (χ3v) is 10.6. The quantitative estimate of drug-likeness (QED) is 0.312. The van der Waals surface area contributed by atoms with Gasteiger partial charge in [-0.15, -0.1) is 23.2 Å². The van der Waals surface area contributed by atoms with Gasteiger partial charge >= 0.3 is 5.97 Å². The number of halogens is 2. The van der Waals surface area contributed by atoms with E-state index in [0.717, 1.165) is 9.80 Å². The van der Waals surface area contributed by atoms with E-state index in [9.17, 15) is 34.2 Å². The van der Waals surface area contributed by atoms with Crippen LogP contribution in [-0.2, 0) is 19.2 Å². The van der Waals surface area contributed by atoms with Gasteiger partial charge in [0.2, 0.25) is 11.8 Å². The minimum absolute atomic E-state index is 0.0719. The topological polar surface area (TPSA) is 132 Å². The van der Waals surface area contributed by atoms with Crippen LogP contribution in [0.1, 0.15) is 45.8 Å². The Morgan fingerprint density at radius 2 is 1.63 bits per heavy atom. The number of carboxylic acids is 1. The largest absolute Gasteiger partial charge is 0.507 e.